The van der Waals surface area contributed by atoms with Gasteiger partial charge in [-0.3, -0.25) is 43.6 Å². The van der Waals surface area contributed by atoms with E-state index in [1.54, 1.807) is 42.1 Å². The molecule has 8 rings (SSSR count). The lowest BCUT2D eigenvalue weighted by Crippen LogP contribution is -2.44. The van der Waals surface area contributed by atoms with Crippen LogP contribution >= 0.6 is 0 Å². The first-order valence-corrected chi connectivity index (χ1v) is 18.3. The first kappa shape index (κ1) is 35.9. The minimum Gasteiger partial charge on any atom is -0.340 e. The van der Waals surface area contributed by atoms with Crippen molar-refractivity contribution in [2.45, 2.75) is 39.2 Å². The first-order chi connectivity index (χ1) is 27.0. The van der Waals surface area contributed by atoms with Crippen LogP contribution in [0.25, 0.3) is 55.1 Å². The third-order valence-electron chi connectivity index (χ3n) is 10.5. The lowest BCUT2D eigenvalue weighted by molar-refractivity contribution is -0.135. The van der Waals surface area contributed by atoms with E-state index in [1.165, 1.54) is 9.13 Å². The van der Waals surface area contributed by atoms with Gasteiger partial charge in [0.25, 0.3) is 11.5 Å². The molecule has 56 heavy (non-hydrogen) atoms. The van der Waals surface area contributed by atoms with Gasteiger partial charge in [-0.15, -0.1) is 0 Å². The summed E-state index contributed by atoms with van der Waals surface area (Å²) in [5, 5.41) is 8.08. The van der Waals surface area contributed by atoms with Crippen LogP contribution < -0.4 is 21.9 Å². The molecule has 0 saturated carbocycles. The van der Waals surface area contributed by atoms with Crippen LogP contribution in [0.4, 0.5) is 0 Å². The molecule has 1 saturated heterocycles. The predicted octanol–water partition coefficient (Wildman–Crippen LogP) is 5.10. The van der Waals surface area contributed by atoms with Crippen molar-refractivity contribution in [3.63, 3.8) is 0 Å². The van der Waals surface area contributed by atoms with E-state index in [2.05, 4.69) is 52.6 Å². The van der Waals surface area contributed by atoms with E-state index in [0.717, 1.165) is 50.4 Å². The Hall–Kier alpha value is -7.13. The van der Waals surface area contributed by atoms with Gasteiger partial charge in [-0.05, 0) is 90.4 Å². The average Bonchev–Trinajstić information content (AvgIpc) is 3.45. The Morgan fingerprint density at radius 2 is 1.71 bits per heavy atom. The van der Waals surface area contributed by atoms with Crippen molar-refractivity contribution in [1.29, 1.82) is 0 Å². The van der Waals surface area contributed by atoms with Crippen LogP contribution in [0.1, 0.15) is 53.0 Å². The summed E-state index contributed by atoms with van der Waals surface area (Å²) < 4.78 is 4.59. The Morgan fingerprint density at radius 1 is 0.875 bits per heavy atom. The number of amides is 3. The fourth-order valence-electron chi connectivity index (χ4n) is 7.48. The van der Waals surface area contributed by atoms with Gasteiger partial charge in [-0.25, -0.2) is 4.79 Å². The highest BCUT2D eigenvalue weighted by atomic mass is 16.2. The van der Waals surface area contributed by atoms with E-state index in [-0.39, 0.29) is 48.1 Å². The van der Waals surface area contributed by atoms with Crippen molar-refractivity contribution >= 4 is 50.4 Å². The number of carbonyl (C=O) groups excluding carboxylic acids is 3. The zero-order valence-electron chi connectivity index (χ0n) is 31.3. The quantitative estimate of drug-likeness (QED) is 0.178. The molecule has 3 aromatic carbocycles. The van der Waals surface area contributed by atoms with Gasteiger partial charge in [-0.1, -0.05) is 43.0 Å². The maximum absolute atomic E-state index is 13.1. The van der Waals surface area contributed by atoms with Crippen LogP contribution in [0.15, 0.2) is 94.8 Å². The number of piperidine rings is 1. The minimum atomic E-state index is -0.797. The summed E-state index contributed by atoms with van der Waals surface area (Å²) in [5.41, 5.74) is 7.90. The number of fused-ring (bicyclic) bond motifs is 3. The number of pyridine rings is 3. The van der Waals surface area contributed by atoms with Crippen LogP contribution in [0.3, 0.4) is 0 Å². The standard InChI is InChI=1S/C44H37N7O5/c1-5-26-19-31(32-18-25(2)43(55)49(3)38(32)20-26)30-10-6-9-28-22-35(47-24-33(28)30)29-12-13-34(46-23-29)41(53)45-17-7-8-27-11-14-36-39(21-27)51(44(56)50(36)4)37-15-16-40(52)48-42(37)54/h6,9-14,18-24,37H,5,15-17H2,1-4H3,(H,45,53)(H,48,52,54). The Kier molecular flexibility index (Phi) is 9.14. The molecule has 4 aromatic heterocycles. The number of nitrogens with one attached hydrogen (secondary N) is 2. The number of benzene rings is 3. The molecule has 0 spiro atoms. The second kappa shape index (κ2) is 14.3. The van der Waals surface area contributed by atoms with Crippen LogP contribution in [-0.4, -0.2) is 47.9 Å². The molecular weight excluding hydrogens is 707 g/mol. The molecular formula is C44H37N7O5. The molecule has 1 aliphatic heterocycles. The van der Waals surface area contributed by atoms with E-state index >= 15 is 0 Å². The van der Waals surface area contributed by atoms with Crippen molar-refractivity contribution in [1.82, 2.24) is 34.3 Å². The molecule has 7 aromatic rings. The molecule has 12 heteroatoms. The molecule has 3 amide bonds. The van der Waals surface area contributed by atoms with Crippen molar-refractivity contribution in [2.24, 2.45) is 14.1 Å². The highest BCUT2D eigenvalue weighted by molar-refractivity contribution is 6.05. The number of aromatic nitrogens is 5. The van der Waals surface area contributed by atoms with Gasteiger partial charge in [0.15, 0.2) is 0 Å². The Balaban J connectivity index is 0.989. The maximum atomic E-state index is 13.1. The van der Waals surface area contributed by atoms with Gasteiger partial charge in [-0.2, -0.15) is 0 Å². The SMILES string of the molecule is CCc1cc(-c2cccc3cc(-c4ccc(C(=O)NCC#Cc5ccc6c(c5)n(C5CCC(=O)NC5=O)c(=O)n6C)nc4)ncc23)c2cc(C)c(=O)n(C)c2c1. The number of hydrogen-bond donors (Lipinski definition) is 2. The van der Waals surface area contributed by atoms with E-state index in [0.29, 0.717) is 27.9 Å². The fourth-order valence-corrected chi connectivity index (χ4v) is 7.48. The monoisotopic (exact) mass is 743 g/mol. The van der Waals surface area contributed by atoms with Gasteiger partial charge in [0.2, 0.25) is 11.8 Å². The van der Waals surface area contributed by atoms with Gasteiger partial charge in [0.05, 0.1) is 28.8 Å². The Morgan fingerprint density at radius 3 is 2.48 bits per heavy atom. The summed E-state index contributed by atoms with van der Waals surface area (Å²) in [5.74, 6) is 4.71. The van der Waals surface area contributed by atoms with Gasteiger partial charge < -0.3 is 9.88 Å². The van der Waals surface area contributed by atoms with Crippen molar-refractivity contribution in [3.05, 3.63) is 128 Å². The third-order valence-corrected chi connectivity index (χ3v) is 10.5. The van der Waals surface area contributed by atoms with Crippen LogP contribution in [0.5, 0.6) is 0 Å². The highest BCUT2D eigenvalue weighted by Gasteiger charge is 2.31. The third kappa shape index (κ3) is 6.32. The summed E-state index contributed by atoms with van der Waals surface area (Å²) >= 11 is 0. The average molecular weight is 744 g/mol. The van der Waals surface area contributed by atoms with Crippen LogP contribution in [-0.2, 0) is 30.1 Å². The van der Waals surface area contributed by atoms with Crippen LogP contribution in [0, 0.1) is 18.8 Å². The normalized spacial score (nSPS) is 14.2. The topological polar surface area (TPSA) is 150 Å². The van der Waals surface area contributed by atoms with E-state index in [9.17, 15) is 24.0 Å². The second-order valence-corrected chi connectivity index (χ2v) is 14.0. The summed E-state index contributed by atoms with van der Waals surface area (Å²) in [7, 11) is 3.45. The first-order valence-electron chi connectivity index (χ1n) is 18.3. The second-order valence-electron chi connectivity index (χ2n) is 14.0. The Labute approximate surface area is 320 Å². The molecule has 0 radical (unpaired) electrons. The van der Waals surface area contributed by atoms with Crippen molar-refractivity contribution in [3.8, 4) is 34.2 Å². The summed E-state index contributed by atoms with van der Waals surface area (Å²) in [6.45, 7) is 4.00. The number of nitrogens with zero attached hydrogens (tertiary/aromatic N) is 5. The summed E-state index contributed by atoms with van der Waals surface area (Å²) in [6, 6.07) is 22.3. The lowest BCUT2D eigenvalue weighted by atomic mass is 9.93. The number of hydrogen-bond acceptors (Lipinski definition) is 7. The number of rotatable bonds is 6. The van der Waals surface area contributed by atoms with Gasteiger partial charge in [0.1, 0.15) is 11.7 Å². The largest absolute Gasteiger partial charge is 0.340 e. The summed E-state index contributed by atoms with van der Waals surface area (Å²) in [6.07, 6.45) is 4.70. The van der Waals surface area contributed by atoms with E-state index in [4.69, 9.17) is 4.98 Å². The lowest BCUT2D eigenvalue weighted by Gasteiger charge is -2.21. The van der Waals surface area contributed by atoms with Gasteiger partial charge in [0, 0.05) is 60.4 Å². The van der Waals surface area contributed by atoms with Crippen LogP contribution in [0.2, 0.25) is 0 Å². The molecule has 1 unspecified atom stereocenters. The molecule has 1 fully saturated rings. The molecule has 2 N–H and O–H groups in total. The molecule has 278 valence electrons. The number of carbonyl (C=O) groups is 3. The molecule has 5 heterocycles. The zero-order chi connectivity index (χ0) is 39.2. The molecule has 1 aliphatic rings. The summed E-state index contributed by atoms with van der Waals surface area (Å²) in [4.78, 5) is 72.2. The smallest absolute Gasteiger partial charge is 0.329 e. The zero-order valence-corrected chi connectivity index (χ0v) is 31.3. The molecule has 12 nitrogen and oxygen atoms in total. The predicted molar refractivity (Wildman–Crippen MR) is 215 cm³/mol. The Bertz CT molecular complexity index is 2980. The molecule has 0 aliphatic carbocycles. The van der Waals surface area contributed by atoms with Gasteiger partial charge >= 0.3 is 5.69 Å². The van der Waals surface area contributed by atoms with Crippen molar-refractivity contribution < 1.29 is 14.4 Å². The number of aryl methyl sites for hydroxylation is 4. The fraction of sp³-hybridized carbons (Fsp3) is 0.205. The molecule has 1 atom stereocenters. The highest BCUT2D eigenvalue weighted by Crippen LogP contribution is 2.36. The van der Waals surface area contributed by atoms with E-state index in [1.807, 2.05) is 50.5 Å². The minimum absolute atomic E-state index is 0.00548. The number of imide groups is 1. The van der Waals surface area contributed by atoms with E-state index < -0.39 is 11.9 Å². The van der Waals surface area contributed by atoms with Crippen molar-refractivity contribution in [2.75, 3.05) is 6.54 Å². The molecule has 0 bridgehead atoms. The number of imidazole rings is 1. The maximum Gasteiger partial charge on any atom is 0.329 e.